The predicted octanol–water partition coefficient (Wildman–Crippen LogP) is 3.15. The van der Waals surface area contributed by atoms with Crippen LogP contribution in [0, 0.1) is 0 Å². The van der Waals surface area contributed by atoms with Crippen LogP contribution in [-0.4, -0.2) is 26.6 Å². The fourth-order valence-corrected chi connectivity index (χ4v) is 2.59. The van der Waals surface area contributed by atoms with Crippen LogP contribution in [0.2, 0.25) is 0 Å². The lowest BCUT2D eigenvalue weighted by molar-refractivity contribution is 0.417. The zero-order valence-electron chi connectivity index (χ0n) is 13.5. The lowest BCUT2D eigenvalue weighted by Crippen LogP contribution is -2.06. The summed E-state index contributed by atoms with van der Waals surface area (Å²) in [6.45, 7) is 0. The second-order valence-electron chi connectivity index (χ2n) is 5.40. The van der Waals surface area contributed by atoms with E-state index in [1.807, 2.05) is 53.1 Å². The Morgan fingerprint density at radius 1 is 1.04 bits per heavy atom. The van der Waals surface area contributed by atoms with E-state index in [4.69, 9.17) is 10.5 Å². The van der Waals surface area contributed by atoms with Crippen LogP contribution in [0.15, 0.2) is 61.1 Å². The zero-order valence-corrected chi connectivity index (χ0v) is 13.5. The lowest BCUT2D eigenvalue weighted by atomic mass is 10.3. The Morgan fingerprint density at radius 2 is 1.84 bits per heavy atom. The number of rotatable bonds is 4. The summed E-state index contributed by atoms with van der Waals surface area (Å²) in [5.74, 6) is 1.70. The fraction of sp³-hybridized carbons (Fsp3) is 0.0556. The molecule has 0 saturated carbocycles. The fourth-order valence-electron chi connectivity index (χ4n) is 2.59. The van der Waals surface area contributed by atoms with Crippen LogP contribution >= 0.6 is 0 Å². The number of methoxy groups -OCH3 is 1. The largest absolute Gasteiger partial charge is 0.495 e. The highest BCUT2D eigenvalue weighted by atomic mass is 16.5. The Hall–Kier alpha value is -3.61. The number of hydrogen-bond acceptors (Lipinski definition) is 6. The summed E-state index contributed by atoms with van der Waals surface area (Å²) < 4.78 is 7.18. The Balaban J connectivity index is 1.76. The molecule has 2 aromatic carbocycles. The van der Waals surface area contributed by atoms with Crippen molar-refractivity contribution in [3.8, 4) is 11.7 Å². The molecule has 3 N–H and O–H groups in total. The van der Waals surface area contributed by atoms with E-state index in [0.29, 0.717) is 23.2 Å². The van der Waals surface area contributed by atoms with Gasteiger partial charge in [-0.25, -0.2) is 9.97 Å². The summed E-state index contributed by atoms with van der Waals surface area (Å²) >= 11 is 0. The molecule has 7 heteroatoms. The van der Waals surface area contributed by atoms with Gasteiger partial charge >= 0.3 is 0 Å². The van der Waals surface area contributed by atoms with Crippen molar-refractivity contribution in [1.29, 1.82) is 0 Å². The molecule has 7 nitrogen and oxygen atoms in total. The average Bonchev–Trinajstić information content (AvgIpc) is 3.08. The molecule has 124 valence electrons. The standard InChI is InChI=1S/C18H16N6O/c1-25-16-9-5-3-7-14(16)22-17-12(19)10-20-18(23-17)24-11-21-13-6-2-4-8-15(13)24/h2-11H,19H2,1H3,(H,20,22,23). The van der Waals surface area contributed by atoms with Crippen LogP contribution < -0.4 is 15.8 Å². The topological polar surface area (TPSA) is 90.9 Å². The van der Waals surface area contributed by atoms with Gasteiger partial charge in [-0.1, -0.05) is 24.3 Å². The molecule has 2 aromatic heterocycles. The lowest BCUT2D eigenvalue weighted by Gasteiger charge is -2.12. The number of hydrogen-bond donors (Lipinski definition) is 2. The number of nitrogens with zero attached hydrogens (tertiary/aromatic N) is 4. The molecule has 0 unspecified atom stereocenters. The van der Waals surface area contributed by atoms with Crippen LogP contribution in [-0.2, 0) is 0 Å². The Bertz CT molecular complexity index is 1040. The van der Waals surface area contributed by atoms with Crippen LogP contribution in [0.1, 0.15) is 0 Å². The second-order valence-corrected chi connectivity index (χ2v) is 5.40. The molecular formula is C18H16N6O. The number of ether oxygens (including phenoxy) is 1. The van der Waals surface area contributed by atoms with E-state index < -0.39 is 0 Å². The molecule has 0 aliphatic carbocycles. The molecule has 0 aliphatic heterocycles. The minimum absolute atomic E-state index is 0.444. The molecule has 0 spiro atoms. The number of para-hydroxylation sites is 4. The van der Waals surface area contributed by atoms with E-state index in [2.05, 4.69) is 20.3 Å². The maximum Gasteiger partial charge on any atom is 0.237 e. The minimum Gasteiger partial charge on any atom is -0.495 e. The van der Waals surface area contributed by atoms with E-state index in [0.717, 1.165) is 16.7 Å². The molecule has 0 aliphatic rings. The van der Waals surface area contributed by atoms with Crippen molar-refractivity contribution in [2.45, 2.75) is 0 Å². The first-order valence-electron chi connectivity index (χ1n) is 7.71. The van der Waals surface area contributed by atoms with Crippen molar-refractivity contribution >= 4 is 28.2 Å². The Labute approximate surface area is 144 Å². The monoisotopic (exact) mass is 332 g/mol. The predicted molar refractivity (Wildman–Crippen MR) is 97.3 cm³/mol. The van der Waals surface area contributed by atoms with Gasteiger partial charge in [0, 0.05) is 0 Å². The summed E-state index contributed by atoms with van der Waals surface area (Å²) in [4.78, 5) is 13.3. The van der Waals surface area contributed by atoms with Gasteiger partial charge in [-0.2, -0.15) is 4.98 Å². The third-order valence-corrected chi connectivity index (χ3v) is 3.83. The number of benzene rings is 2. The summed E-state index contributed by atoms with van der Waals surface area (Å²) in [6, 6.07) is 15.4. The van der Waals surface area contributed by atoms with Crippen LogP contribution in [0.4, 0.5) is 17.2 Å². The van der Waals surface area contributed by atoms with E-state index in [9.17, 15) is 0 Å². The smallest absolute Gasteiger partial charge is 0.237 e. The molecule has 2 heterocycles. The van der Waals surface area contributed by atoms with E-state index in [-0.39, 0.29) is 0 Å². The second kappa shape index (κ2) is 6.12. The van der Waals surface area contributed by atoms with Crippen LogP contribution in [0.5, 0.6) is 5.75 Å². The number of anilines is 3. The number of nitrogen functional groups attached to an aromatic ring is 1. The SMILES string of the molecule is COc1ccccc1Nc1nc(-n2cnc3ccccc32)ncc1N. The van der Waals surface area contributed by atoms with Gasteiger partial charge in [-0.15, -0.1) is 0 Å². The van der Waals surface area contributed by atoms with Crippen LogP contribution in [0.25, 0.3) is 17.0 Å². The van der Waals surface area contributed by atoms with Gasteiger partial charge < -0.3 is 15.8 Å². The normalized spacial score (nSPS) is 10.8. The number of aromatic nitrogens is 4. The van der Waals surface area contributed by atoms with Crippen molar-refractivity contribution in [1.82, 2.24) is 19.5 Å². The van der Waals surface area contributed by atoms with Crippen molar-refractivity contribution < 1.29 is 4.74 Å². The van der Waals surface area contributed by atoms with Gasteiger partial charge in [-0.05, 0) is 24.3 Å². The molecular weight excluding hydrogens is 316 g/mol. The number of fused-ring (bicyclic) bond motifs is 1. The molecule has 4 aromatic rings. The molecule has 25 heavy (non-hydrogen) atoms. The van der Waals surface area contributed by atoms with Gasteiger partial charge in [0.05, 0.1) is 35.7 Å². The molecule has 0 amide bonds. The van der Waals surface area contributed by atoms with E-state index in [1.165, 1.54) is 0 Å². The third kappa shape index (κ3) is 2.72. The molecule has 0 saturated heterocycles. The third-order valence-electron chi connectivity index (χ3n) is 3.83. The van der Waals surface area contributed by atoms with Gasteiger partial charge in [0.1, 0.15) is 12.1 Å². The Kier molecular flexibility index (Phi) is 3.66. The maximum atomic E-state index is 6.04. The van der Waals surface area contributed by atoms with E-state index >= 15 is 0 Å². The molecule has 0 radical (unpaired) electrons. The quantitative estimate of drug-likeness (QED) is 0.596. The first kappa shape index (κ1) is 14.9. The highest BCUT2D eigenvalue weighted by molar-refractivity contribution is 5.77. The highest BCUT2D eigenvalue weighted by Gasteiger charge is 2.11. The first-order valence-corrected chi connectivity index (χ1v) is 7.71. The highest BCUT2D eigenvalue weighted by Crippen LogP contribution is 2.29. The van der Waals surface area contributed by atoms with Gasteiger partial charge in [-0.3, -0.25) is 4.57 Å². The van der Waals surface area contributed by atoms with Gasteiger partial charge in [0.2, 0.25) is 5.95 Å². The number of nitrogens with one attached hydrogen (secondary N) is 1. The summed E-state index contributed by atoms with van der Waals surface area (Å²) in [7, 11) is 1.62. The molecule has 0 atom stereocenters. The van der Waals surface area contributed by atoms with E-state index in [1.54, 1.807) is 19.6 Å². The Morgan fingerprint density at radius 3 is 2.72 bits per heavy atom. The summed E-state index contributed by atoms with van der Waals surface area (Å²) in [5, 5.41) is 3.21. The summed E-state index contributed by atoms with van der Waals surface area (Å²) in [6.07, 6.45) is 3.28. The summed E-state index contributed by atoms with van der Waals surface area (Å²) in [5.41, 5.74) is 9.06. The minimum atomic E-state index is 0.444. The molecule has 4 rings (SSSR count). The van der Waals surface area contributed by atoms with Crippen molar-refractivity contribution in [3.63, 3.8) is 0 Å². The number of nitrogens with two attached hydrogens (primary N) is 1. The average molecular weight is 332 g/mol. The number of imidazole rings is 1. The first-order chi connectivity index (χ1) is 12.3. The molecule has 0 fully saturated rings. The zero-order chi connectivity index (χ0) is 17.2. The van der Waals surface area contributed by atoms with Gasteiger partial charge in [0.15, 0.2) is 5.82 Å². The van der Waals surface area contributed by atoms with Gasteiger partial charge in [0.25, 0.3) is 0 Å². The van der Waals surface area contributed by atoms with Crippen molar-refractivity contribution in [3.05, 3.63) is 61.1 Å². The van der Waals surface area contributed by atoms with Crippen molar-refractivity contribution in [2.24, 2.45) is 0 Å². The van der Waals surface area contributed by atoms with Crippen molar-refractivity contribution in [2.75, 3.05) is 18.2 Å². The van der Waals surface area contributed by atoms with Crippen LogP contribution in [0.3, 0.4) is 0 Å². The maximum absolute atomic E-state index is 6.04. The molecule has 0 bridgehead atoms.